The zero-order valence-corrected chi connectivity index (χ0v) is 21.1. The molecular weight excluding hydrogens is 521 g/mol. The molecule has 3 aromatic carbocycles. The number of rotatable bonds is 6. The topological polar surface area (TPSA) is 38.8 Å². The van der Waals surface area contributed by atoms with Crippen molar-refractivity contribution < 1.29 is 14.3 Å². The molecule has 0 N–H and O–H groups in total. The molecule has 4 rings (SSSR count). The van der Waals surface area contributed by atoms with Crippen LogP contribution in [0.4, 0.5) is 5.69 Å². The standard InChI is InChI=1S/C24H16Cl3NO3S2/c1-30-21-10-15(4-9-20(21)31-13-14-2-5-16(25)6-3-14)11-22-23(29)28(24(32)33-22)19-8-7-17(26)12-18(19)27/h2-12H,13H2,1H3/b22-11-. The van der Waals surface area contributed by atoms with Gasteiger partial charge in [0.15, 0.2) is 15.8 Å². The van der Waals surface area contributed by atoms with Crippen LogP contribution in [-0.4, -0.2) is 17.3 Å². The summed E-state index contributed by atoms with van der Waals surface area (Å²) in [5.74, 6) is 0.885. The molecule has 1 saturated heterocycles. The number of carbonyl (C=O) groups is 1. The molecule has 1 aliphatic heterocycles. The molecule has 1 heterocycles. The monoisotopic (exact) mass is 535 g/mol. The summed E-state index contributed by atoms with van der Waals surface area (Å²) in [5.41, 5.74) is 2.25. The van der Waals surface area contributed by atoms with Gasteiger partial charge in [0.25, 0.3) is 5.91 Å². The van der Waals surface area contributed by atoms with Crippen LogP contribution in [0.1, 0.15) is 11.1 Å². The van der Waals surface area contributed by atoms with E-state index in [1.165, 1.54) is 16.7 Å². The van der Waals surface area contributed by atoms with Crippen molar-refractivity contribution in [3.8, 4) is 11.5 Å². The average Bonchev–Trinajstić information content (AvgIpc) is 3.06. The highest BCUT2D eigenvalue weighted by Gasteiger charge is 2.34. The third-order valence-electron chi connectivity index (χ3n) is 4.74. The van der Waals surface area contributed by atoms with Crippen LogP contribution in [0, 0.1) is 0 Å². The van der Waals surface area contributed by atoms with E-state index in [4.69, 9.17) is 56.5 Å². The molecule has 0 atom stereocenters. The Labute approximate surface area is 216 Å². The first kappa shape index (κ1) is 23.9. The van der Waals surface area contributed by atoms with E-state index < -0.39 is 0 Å². The quantitative estimate of drug-likeness (QED) is 0.239. The number of anilines is 1. The summed E-state index contributed by atoms with van der Waals surface area (Å²) in [4.78, 5) is 14.9. The lowest BCUT2D eigenvalue weighted by atomic mass is 10.1. The molecule has 0 bridgehead atoms. The van der Waals surface area contributed by atoms with E-state index >= 15 is 0 Å². The second-order valence-corrected chi connectivity index (χ2v) is 9.89. The fraction of sp³-hybridized carbons (Fsp3) is 0.0833. The van der Waals surface area contributed by atoms with E-state index in [-0.39, 0.29) is 5.91 Å². The average molecular weight is 537 g/mol. The summed E-state index contributed by atoms with van der Waals surface area (Å²) < 4.78 is 11.8. The Morgan fingerprint density at radius 2 is 1.70 bits per heavy atom. The molecule has 1 aliphatic rings. The summed E-state index contributed by atoms with van der Waals surface area (Å²) in [5, 5.41) is 1.50. The Bertz CT molecular complexity index is 1260. The molecule has 1 amide bonds. The normalized spacial score (nSPS) is 14.8. The van der Waals surface area contributed by atoms with Gasteiger partial charge in [-0.15, -0.1) is 0 Å². The molecule has 0 radical (unpaired) electrons. The van der Waals surface area contributed by atoms with Crippen LogP contribution >= 0.6 is 58.8 Å². The van der Waals surface area contributed by atoms with E-state index in [9.17, 15) is 4.79 Å². The van der Waals surface area contributed by atoms with Gasteiger partial charge in [0.1, 0.15) is 6.61 Å². The van der Waals surface area contributed by atoms with Crippen molar-refractivity contribution >= 4 is 80.8 Å². The summed E-state index contributed by atoms with van der Waals surface area (Å²) >= 11 is 24.8. The number of hydrogen-bond acceptors (Lipinski definition) is 5. The van der Waals surface area contributed by atoms with Crippen LogP contribution in [0.3, 0.4) is 0 Å². The molecular formula is C24H16Cl3NO3S2. The molecule has 0 spiro atoms. The fourth-order valence-electron chi connectivity index (χ4n) is 3.12. The van der Waals surface area contributed by atoms with Crippen molar-refractivity contribution in [2.75, 3.05) is 12.0 Å². The van der Waals surface area contributed by atoms with Gasteiger partial charge in [0.05, 0.1) is 22.7 Å². The highest BCUT2D eigenvalue weighted by Crippen LogP contribution is 2.40. The maximum atomic E-state index is 13.1. The first-order valence-corrected chi connectivity index (χ1v) is 12.0. The Balaban J connectivity index is 1.54. The molecule has 1 fully saturated rings. The third kappa shape index (κ3) is 5.48. The molecule has 4 nitrogen and oxygen atoms in total. The minimum absolute atomic E-state index is 0.253. The highest BCUT2D eigenvalue weighted by molar-refractivity contribution is 8.27. The summed E-state index contributed by atoms with van der Waals surface area (Å²) in [6.45, 7) is 0.368. The van der Waals surface area contributed by atoms with Gasteiger partial charge in [-0.1, -0.05) is 77.0 Å². The van der Waals surface area contributed by atoms with Crippen molar-refractivity contribution in [2.45, 2.75) is 6.61 Å². The summed E-state index contributed by atoms with van der Waals surface area (Å²) in [7, 11) is 1.57. The second-order valence-electron chi connectivity index (χ2n) is 6.94. The maximum absolute atomic E-state index is 13.1. The molecule has 33 heavy (non-hydrogen) atoms. The van der Waals surface area contributed by atoms with Crippen molar-refractivity contribution in [2.24, 2.45) is 0 Å². The van der Waals surface area contributed by atoms with E-state index in [1.54, 1.807) is 43.5 Å². The van der Waals surface area contributed by atoms with Crippen LogP contribution in [0.15, 0.2) is 65.6 Å². The number of halogens is 3. The van der Waals surface area contributed by atoms with Gasteiger partial charge in [-0.05, 0) is 59.7 Å². The fourth-order valence-corrected chi connectivity index (χ4v) is 5.03. The lowest BCUT2D eigenvalue weighted by molar-refractivity contribution is -0.113. The zero-order valence-electron chi connectivity index (χ0n) is 17.2. The van der Waals surface area contributed by atoms with Crippen LogP contribution in [0.2, 0.25) is 15.1 Å². The van der Waals surface area contributed by atoms with E-state index in [0.717, 1.165) is 11.1 Å². The number of amides is 1. The van der Waals surface area contributed by atoms with Crippen LogP contribution in [0.5, 0.6) is 11.5 Å². The van der Waals surface area contributed by atoms with Crippen molar-refractivity contribution in [1.29, 1.82) is 0 Å². The van der Waals surface area contributed by atoms with Crippen molar-refractivity contribution in [3.05, 3.63) is 91.8 Å². The first-order chi connectivity index (χ1) is 15.9. The smallest absolute Gasteiger partial charge is 0.270 e. The van der Waals surface area contributed by atoms with Crippen LogP contribution < -0.4 is 14.4 Å². The largest absolute Gasteiger partial charge is 0.493 e. The number of carbonyl (C=O) groups excluding carboxylic acids is 1. The van der Waals surface area contributed by atoms with Gasteiger partial charge < -0.3 is 9.47 Å². The molecule has 0 aromatic heterocycles. The van der Waals surface area contributed by atoms with Gasteiger partial charge in [-0.2, -0.15) is 0 Å². The van der Waals surface area contributed by atoms with Gasteiger partial charge in [0.2, 0.25) is 0 Å². The SMILES string of the molecule is COc1cc(/C=C2\SC(=S)N(c3ccc(Cl)cc3Cl)C2=O)ccc1OCc1ccc(Cl)cc1. The number of thiocarbonyl (C=S) groups is 1. The van der Waals surface area contributed by atoms with Gasteiger partial charge >= 0.3 is 0 Å². The minimum atomic E-state index is -0.253. The van der Waals surface area contributed by atoms with Gasteiger partial charge in [0, 0.05) is 10.0 Å². The Morgan fingerprint density at radius 1 is 0.970 bits per heavy atom. The number of benzene rings is 3. The number of hydrogen-bond donors (Lipinski definition) is 0. The Morgan fingerprint density at radius 3 is 2.39 bits per heavy atom. The highest BCUT2D eigenvalue weighted by atomic mass is 35.5. The molecule has 0 unspecified atom stereocenters. The number of nitrogens with zero attached hydrogens (tertiary/aromatic N) is 1. The van der Waals surface area contributed by atoms with E-state index in [1.807, 2.05) is 30.3 Å². The van der Waals surface area contributed by atoms with Crippen molar-refractivity contribution in [3.63, 3.8) is 0 Å². The number of methoxy groups -OCH3 is 1. The summed E-state index contributed by atoms with van der Waals surface area (Å²) in [6.07, 6.45) is 1.76. The van der Waals surface area contributed by atoms with Gasteiger partial charge in [-0.3, -0.25) is 9.69 Å². The molecule has 0 aliphatic carbocycles. The molecule has 0 saturated carbocycles. The molecule has 168 valence electrons. The Hall–Kier alpha value is -2.22. The number of thioether (sulfide) groups is 1. The second kappa shape index (κ2) is 10.4. The molecule has 9 heteroatoms. The first-order valence-electron chi connectivity index (χ1n) is 9.64. The predicted molar refractivity (Wildman–Crippen MR) is 141 cm³/mol. The van der Waals surface area contributed by atoms with E-state index in [0.29, 0.717) is 48.1 Å². The predicted octanol–water partition coefficient (Wildman–Crippen LogP) is 7.64. The lowest BCUT2D eigenvalue weighted by Crippen LogP contribution is -2.27. The maximum Gasteiger partial charge on any atom is 0.270 e. The summed E-state index contributed by atoms with van der Waals surface area (Å²) in [6, 6.07) is 17.8. The molecule has 3 aromatic rings. The zero-order chi connectivity index (χ0) is 23.5. The third-order valence-corrected chi connectivity index (χ3v) is 6.83. The minimum Gasteiger partial charge on any atom is -0.493 e. The van der Waals surface area contributed by atoms with E-state index in [2.05, 4.69) is 0 Å². The number of ether oxygens (including phenoxy) is 2. The van der Waals surface area contributed by atoms with Gasteiger partial charge in [-0.25, -0.2) is 0 Å². The van der Waals surface area contributed by atoms with Crippen molar-refractivity contribution in [1.82, 2.24) is 0 Å². The van der Waals surface area contributed by atoms with Crippen LogP contribution in [-0.2, 0) is 11.4 Å². The van der Waals surface area contributed by atoms with Crippen LogP contribution in [0.25, 0.3) is 6.08 Å². The Kier molecular flexibility index (Phi) is 7.51. The lowest BCUT2D eigenvalue weighted by Gasteiger charge is -2.16.